The van der Waals surface area contributed by atoms with Gasteiger partial charge in [-0.15, -0.1) is 0 Å². The summed E-state index contributed by atoms with van der Waals surface area (Å²) >= 11 is 0. The van der Waals surface area contributed by atoms with E-state index < -0.39 is 23.3 Å². The predicted octanol–water partition coefficient (Wildman–Crippen LogP) is 2.58. The van der Waals surface area contributed by atoms with E-state index in [9.17, 15) is 22.8 Å². The van der Waals surface area contributed by atoms with Crippen LogP contribution < -0.4 is 5.32 Å². The Kier molecular flexibility index (Phi) is 6.18. The molecule has 12 heteroatoms. The molecule has 9 nitrogen and oxygen atoms in total. The number of benzene rings is 1. The van der Waals surface area contributed by atoms with Crippen LogP contribution in [0.5, 0.6) is 0 Å². The van der Waals surface area contributed by atoms with Crippen molar-refractivity contribution in [3.63, 3.8) is 0 Å². The lowest BCUT2D eigenvalue weighted by Crippen LogP contribution is -2.50. The number of hydrogen-bond donors (Lipinski definition) is 1. The number of carbonyl (C=O) groups excluding carboxylic acids is 2. The first-order valence-electron chi connectivity index (χ1n) is 10.2. The van der Waals surface area contributed by atoms with Gasteiger partial charge in [0.2, 0.25) is 5.91 Å². The summed E-state index contributed by atoms with van der Waals surface area (Å²) in [5.74, 6) is -0.175. The fraction of sp³-hybridized carbons (Fsp3) is 0.333. The number of amides is 2. The van der Waals surface area contributed by atoms with Crippen molar-refractivity contribution in [3.8, 4) is 5.69 Å². The van der Waals surface area contributed by atoms with Gasteiger partial charge < -0.3 is 14.7 Å². The highest BCUT2D eigenvalue weighted by atomic mass is 19.4. The van der Waals surface area contributed by atoms with Gasteiger partial charge in [-0.2, -0.15) is 18.3 Å². The molecular formula is C21H21F3N6O3. The molecule has 33 heavy (non-hydrogen) atoms. The summed E-state index contributed by atoms with van der Waals surface area (Å²) in [6.45, 7) is 2.81. The lowest BCUT2D eigenvalue weighted by Gasteiger charge is -2.34. The lowest BCUT2D eigenvalue weighted by atomic mass is 10.2. The zero-order valence-corrected chi connectivity index (χ0v) is 17.7. The first-order chi connectivity index (χ1) is 15.7. The van der Waals surface area contributed by atoms with Crippen molar-refractivity contribution in [1.29, 1.82) is 0 Å². The molecule has 0 unspecified atom stereocenters. The minimum Gasteiger partial charge on any atom is -0.360 e. The zero-order chi connectivity index (χ0) is 23.6. The van der Waals surface area contributed by atoms with E-state index in [1.54, 1.807) is 31.2 Å². The standard InChI is InChI=1S/C21H21F3N6O3/c1-14-11-17(27-33-14)26-18(31)13-28-7-9-29(10-8-28)20(32)16-12-25-30(19(16)21(22,23)24)15-5-3-2-4-6-15/h2-6,11-12H,7-10,13H2,1H3,(H,26,27,31). The van der Waals surface area contributed by atoms with Gasteiger partial charge in [0.05, 0.1) is 24.0 Å². The minimum absolute atomic E-state index is 0.0632. The summed E-state index contributed by atoms with van der Waals surface area (Å²) in [6.07, 6.45) is -3.81. The van der Waals surface area contributed by atoms with E-state index in [4.69, 9.17) is 4.52 Å². The van der Waals surface area contributed by atoms with E-state index in [0.29, 0.717) is 24.7 Å². The number of para-hydroxylation sites is 1. The average Bonchev–Trinajstić information content (AvgIpc) is 3.40. The monoisotopic (exact) mass is 462 g/mol. The van der Waals surface area contributed by atoms with Gasteiger partial charge in [0.15, 0.2) is 11.5 Å². The van der Waals surface area contributed by atoms with Gasteiger partial charge in [-0.1, -0.05) is 23.4 Å². The molecule has 1 aliphatic rings. The van der Waals surface area contributed by atoms with E-state index in [1.165, 1.54) is 17.0 Å². The number of aryl methyl sites for hydroxylation is 1. The smallest absolute Gasteiger partial charge is 0.360 e. The van der Waals surface area contributed by atoms with E-state index >= 15 is 0 Å². The van der Waals surface area contributed by atoms with Crippen LogP contribution in [-0.4, -0.2) is 69.3 Å². The van der Waals surface area contributed by atoms with Crippen molar-refractivity contribution in [2.45, 2.75) is 13.1 Å². The predicted molar refractivity (Wildman–Crippen MR) is 111 cm³/mol. The number of halogens is 3. The Labute approximate surface area is 186 Å². The SMILES string of the molecule is Cc1cc(NC(=O)CN2CCN(C(=O)c3cnn(-c4ccccc4)c3C(F)(F)F)CC2)no1. The molecule has 2 amide bonds. The summed E-state index contributed by atoms with van der Waals surface area (Å²) in [4.78, 5) is 28.3. The van der Waals surface area contributed by atoms with Crippen LogP contribution in [0.1, 0.15) is 21.8 Å². The quantitative estimate of drug-likeness (QED) is 0.626. The van der Waals surface area contributed by atoms with Crippen molar-refractivity contribution >= 4 is 17.6 Å². The second kappa shape index (κ2) is 9.06. The Bertz CT molecular complexity index is 1130. The van der Waals surface area contributed by atoms with Crippen LogP contribution in [0.25, 0.3) is 5.69 Å². The molecule has 0 saturated carbocycles. The van der Waals surface area contributed by atoms with Gasteiger partial charge >= 0.3 is 6.18 Å². The molecule has 3 heterocycles. The maximum atomic E-state index is 13.8. The molecule has 1 aromatic carbocycles. The third-order valence-electron chi connectivity index (χ3n) is 5.19. The van der Waals surface area contributed by atoms with Crippen LogP contribution >= 0.6 is 0 Å². The maximum absolute atomic E-state index is 13.8. The molecule has 0 radical (unpaired) electrons. The normalized spacial score (nSPS) is 15.0. The molecule has 3 aromatic rings. The molecule has 1 N–H and O–H groups in total. The summed E-state index contributed by atoms with van der Waals surface area (Å²) in [5, 5.41) is 10.1. The fourth-order valence-corrected chi connectivity index (χ4v) is 3.63. The molecule has 1 fully saturated rings. The summed E-state index contributed by atoms with van der Waals surface area (Å²) in [6, 6.07) is 9.43. The van der Waals surface area contributed by atoms with E-state index in [1.807, 2.05) is 4.90 Å². The second-order valence-electron chi connectivity index (χ2n) is 7.59. The number of alkyl halides is 3. The molecule has 2 aromatic heterocycles. The fourth-order valence-electron chi connectivity index (χ4n) is 3.63. The van der Waals surface area contributed by atoms with Crippen molar-refractivity contribution in [2.75, 3.05) is 38.0 Å². The molecule has 1 saturated heterocycles. The van der Waals surface area contributed by atoms with Gasteiger partial charge in [-0.25, -0.2) is 4.68 Å². The van der Waals surface area contributed by atoms with E-state index in [0.717, 1.165) is 10.9 Å². The van der Waals surface area contributed by atoms with Crippen molar-refractivity contribution in [2.24, 2.45) is 0 Å². The third-order valence-corrected chi connectivity index (χ3v) is 5.19. The third kappa shape index (κ3) is 5.06. The van der Waals surface area contributed by atoms with Gasteiger partial charge in [-0.3, -0.25) is 14.5 Å². The van der Waals surface area contributed by atoms with Crippen LogP contribution in [0.3, 0.4) is 0 Å². The highest BCUT2D eigenvalue weighted by Gasteiger charge is 2.41. The molecule has 1 aliphatic heterocycles. The number of anilines is 1. The van der Waals surface area contributed by atoms with Gasteiger partial charge in [0.1, 0.15) is 5.76 Å². The first kappa shape index (κ1) is 22.5. The van der Waals surface area contributed by atoms with Crippen molar-refractivity contribution in [3.05, 3.63) is 59.6 Å². The highest BCUT2D eigenvalue weighted by Crippen LogP contribution is 2.34. The zero-order valence-electron chi connectivity index (χ0n) is 17.7. The Morgan fingerprint density at radius 3 is 2.42 bits per heavy atom. The lowest BCUT2D eigenvalue weighted by molar-refractivity contribution is -0.143. The molecule has 0 spiro atoms. The van der Waals surface area contributed by atoms with Gasteiger partial charge in [0, 0.05) is 32.2 Å². The molecule has 174 valence electrons. The molecule has 0 bridgehead atoms. The Hall–Kier alpha value is -3.67. The number of nitrogens with one attached hydrogen (secondary N) is 1. The molecule has 4 rings (SSSR count). The van der Waals surface area contributed by atoms with Gasteiger partial charge in [-0.05, 0) is 19.1 Å². The molecule has 0 aliphatic carbocycles. The highest BCUT2D eigenvalue weighted by molar-refractivity contribution is 5.95. The second-order valence-corrected chi connectivity index (χ2v) is 7.59. The van der Waals surface area contributed by atoms with Crippen LogP contribution in [0, 0.1) is 6.92 Å². The molecular weight excluding hydrogens is 441 g/mol. The Morgan fingerprint density at radius 1 is 1.12 bits per heavy atom. The van der Waals surface area contributed by atoms with Crippen molar-refractivity contribution in [1.82, 2.24) is 24.7 Å². The van der Waals surface area contributed by atoms with Gasteiger partial charge in [0.25, 0.3) is 5.91 Å². The summed E-state index contributed by atoms with van der Waals surface area (Å²) in [7, 11) is 0. The summed E-state index contributed by atoms with van der Waals surface area (Å²) in [5.41, 5.74) is -1.40. The summed E-state index contributed by atoms with van der Waals surface area (Å²) < 4.78 is 47.2. The van der Waals surface area contributed by atoms with Crippen molar-refractivity contribution < 1.29 is 27.3 Å². The largest absolute Gasteiger partial charge is 0.434 e. The number of aromatic nitrogens is 3. The average molecular weight is 462 g/mol. The first-order valence-corrected chi connectivity index (χ1v) is 10.2. The van der Waals surface area contributed by atoms with E-state index in [-0.39, 0.29) is 31.2 Å². The maximum Gasteiger partial charge on any atom is 0.434 e. The minimum atomic E-state index is -4.77. The van der Waals surface area contributed by atoms with Crippen LogP contribution in [0.15, 0.2) is 47.1 Å². The number of rotatable bonds is 5. The Morgan fingerprint density at radius 2 is 1.82 bits per heavy atom. The van der Waals surface area contributed by atoms with Crippen LogP contribution in [-0.2, 0) is 11.0 Å². The number of carbonyl (C=O) groups is 2. The van der Waals surface area contributed by atoms with Crippen LogP contribution in [0.4, 0.5) is 19.0 Å². The molecule has 0 atom stereocenters. The van der Waals surface area contributed by atoms with E-state index in [2.05, 4.69) is 15.6 Å². The number of piperazine rings is 1. The van der Waals surface area contributed by atoms with Crippen LogP contribution in [0.2, 0.25) is 0 Å². The Balaban J connectivity index is 1.41. The number of nitrogens with zero attached hydrogens (tertiary/aromatic N) is 5. The number of hydrogen-bond acceptors (Lipinski definition) is 6. The topological polar surface area (TPSA) is 96.5 Å².